The van der Waals surface area contributed by atoms with Gasteiger partial charge in [-0.25, -0.2) is 9.37 Å². The summed E-state index contributed by atoms with van der Waals surface area (Å²) in [7, 11) is 2.76. The number of methoxy groups -OCH3 is 1. The topological polar surface area (TPSA) is 133 Å². The number of nitrogens with one attached hydrogen (secondary N) is 3. The fourth-order valence-electron chi connectivity index (χ4n) is 7.73. The first-order valence-corrected chi connectivity index (χ1v) is 20.4. The molecule has 3 N–H and O–H groups in total. The highest BCUT2D eigenvalue weighted by molar-refractivity contribution is 7.62. The van der Waals surface area contributed by atoms with Gasteiger partial charge in [-0.3, -0.25) is 14.3 Å². The summed E-state index contributed by atoms with van der Waals surface area (Å²) < 4.78 is 45.2. The van der Waals surface area contributed by atoms with Gasteiger partial charge in [0.2, 0.25) is 5.95 Å². The summed E-state index contributed by atoms with van der Waals surface area (Å²) in [5.41, 5.74) is 3.81. The van der Waals surface area contributed by atoms with Crippen LogP contribution in [0.4, 0.5) is 33.2 Å². The van der Waals surface area contributed by atoms with Crippen LogP contribution >= 0.6 is 19.2 Å². The number of ether oxygens (including phenoxy) is 1. The van der Waals surface area contributed by atoms with Crippen LogP contribution in [0.5, 0.6) is 5.75 Å². The van der Waals surface area contributed by atoms with E-state index in [1.807, 2.05) is 29.2 Å². The molecule has 16 heteroatoms. The number of carbonyl (C=O) groups is 1. The molecule has 2 saturated heterocycles. The van der Waals surface area contributed by atoms with E-state index in [9.17, 15) is 9.36 Å². The Labute approximate surface area is 326 Å². The van der Waals surface area contributed by atoms with E-state index in [0.717, 1.165) is 57.5 Å². The fourth-order valence-corrected chi connectivity index (χ4v) is 9.11. The number of benzene rings is 3. The van der Waals surface area contributed by atoms with Crippen molar-refractivity contribution in [1.82, 2.24) is 25.1 Å². The summed E-state index contributed by atoms with van der Waals surface area (Å²) in [6.45, 7) is 4.20. The molecule has 0 radical (unpaired) electrons. The minimum absolute atomic E-state index is 0.0571. The van der Waals surface area contributed by atoms with Crippen molar-refractivity contribution < 1.29 is 27.5 Å². The molecule has 7 rings (SSSR count). The van der Waals surface area contributed by atoms with Crippen molar-refractivity contribution in [2.45, 2.75) is 50.9 Å². The number of anilines is 5. The van der Waals surface area contributed by atoms with E-state index in [1.54, 1.807) is 37.4 Å². The summed E-state index contributed by atoms with van der Waals surface area (Å²) in [6.07, 6.45) is 5.26. The second-order valence-corrected chi connectivity index (χ2v) is 16.7. The van der Waals surface area contributed by atoms with Crippen molar-refractivity contribution in [2.75, 3.05) is 70.1 Å². The van der Waals surface area contributed by atoms with Crippen LogP contribution in [-0.2, 0) is 26.7 Å². The molecule has 0 bridgehead atoms. The minimum atomic E-state index is -3.57. The number of hydrogen-bond acceptors (Lipinski definition) is 12. The molecule has 4 aromatic rings. The van der Waals surface area contributed by atoms with Crippen LogP contribution in [0, 0.1) is 5.82 Å². The van der Waals surface area contributed by atoms with Crippen molar-refractivity contribution >= 4 is 59.2 Å². The maximum absolute atomic E-state index is 15.9. The molecule has 1 aromatic heterocycles. The second-order valence-electron chi connectivity index (χ2n) is 14.0. The number of rotatable bonds is 13. The highest BCUT2D eigenvalue weighted by Crippen LogP contribution is 2.47. The van der Waals surface area contributed by atoms with Gasteiger partial charge in [-0.15, -0.1) is 0 Å². The van der Waals surface area contributed by atoms with Crippen LogP contribution in [0.3, 0.4) is 0 Å². The number of fused-ring (bicyclic) bond motifs is 1. The van der Waals surface area contributed by atoms with E-state index in [2.05, 4.69) is 42.8 Å². The molecule has 13 nitrogen and oxygen atoms in total. The molecule has 1 unspecified atom stereocenters. The Hall–Kier alpha value is -4.30. The molecule has 0 saturated carbocycles. The summed E-state index contributed by atoms with van der Waals surface area (Å²) >= 11 is 6.47. The third-order valence-electron chi connectivity index (χ3n) is 10.8. The maximum Gasteiger partial charge on any atom is 0.362 e. The lowest BCUT2D eigenvalue weighted by Gasteiger charge is -2.38. The van der Waals surface area contributed by atoms with Gasteiger partial charge in [-0.1, -0.05) is 29.8 Å². The molecular formula is C39H47ClFN8O5P. The summed E-state index contributed by atoms with van der Waals surface area (Å²) in [5, 5.41) is 10.3. The first kappa shape index (κ1) is 39.0. The third-order valence-corrected chi connectivity index (χ3v) is 13.1. The molecule has 0 spiro atoms. The summed E-state index contributed by atoms with van der Waals surface area (Å²) in [6, 6.07) is 16.8. The zero-order valence-corrected chi connectivity index (χ0v) is 33.1. The van der Waals surface area contributed by atoms with E-state index in [-0.39, 0.29) is 34.8 Å². The second kappa shape index (κ2) is 16.8. The van der Waals surface area contributed by atoms with Gasteiger partial charge in [-0.05, 0) is 69.6 Å². The van der Waals surface area contributed by atoms with E-state index in [4.69, 9.17) is 25.4 Å². The highest BCUT2D eigenvalue weighted by atomic mass is 35.5. The largest absolute Gasteiger partial charge is 0.494 e. The average Bonchev–Trinajstić information content (AvgIpc) is 3.57. The van der Waals surface area contributed by atoms with Gasteiger partial charge in [0, 0.05) is 80.9 Å². The number of aromatic nitrogens is 2. The van der Waals surface area contributed by atoms with Crippen LogP contribution in [-0.4, -0.2) is 92.3 Å². The number of nitrogens with zero attached hydrogens (tertiary/aromatic N) is 5. The number of amides is 1. The number of hydrogen-bond donors (Lipinski definition) is 3. The Balaban J connectivity index is 0.974. The SMILES string of the molecule is COc1cc(N2CCC(N(C)Cc3ccc4c(c3F)CN(C3CCCNC3)C4=O)CC2)ccc1Nc1ncc(Cl)c(Nc2ccccc2P(=O)(OC)OC)n1. The van der Waals surface area contributed by atoms with Crippen LogP contribution in [0.2, 0.25) is 5.02 Å². The molecule has 4 heterocycles. The van der Waals surface area contributed by atoms with Crippen molar-refractivity contribution in [1.29, 1.82) is 0 Å². The molecule has 55 heavy (non-hydrogen) atoms. The molecule has 2 fully saturated rings. The van der Waals surface area contributed by atoms with Crippen molar-refractivity contribution in [3.63, 3.8) is 0 Å². The molecule has 3 aromatic carbocycles. The van der Waals surface area contributed by atoms with Crippen molar-refractivity contribution in [3.05, 3.63) is 88.3 Å². The van der Waals surface area contributed by atoms with Crippen LogP contribution in [0.1, 0.15) is 47.2 Å². The predicted molar refractivity (Wildman–Crippen MR) is 213 cm³/mol. The van der Waals surface area contributed by atoms with Gasteiger partial charge < -0.3 is 39.5 Å². The van der Waals surface area contributed by atoms with Gasteiger partial charge >= 0.3 is 7.60 Å². The molecule has 0 aliphatic carbocycles. The van der Waals surface area contributed by atoms with E-state index in [1.165, 1.54) is 20.4 Å². The lowest BCUT2D eigenvalue weighted by molar-refractivity contribution is 0.0674. The minimum Gasteiger partial charge on any atom is -0.494 e. The van der Waals surface area contributed by atoms with Crippen molar-refractivity contribution in [2.24, 2.45) is 0 Å². The molecule has 1 atom stereocenters. The Morgan fingerprint density at radius 3 is 2.55 bits per heavy atom. The van der Waals surface area contributed by atoms with E-state index >= 15 is 4.39 Å². The lowest BCUT2D eigenvalue weighted by atomic mass is 10.0. The third kappa shape index (κ3) is 8.16. The number of para-hydroxylation sites is 1. The molecular weight excluding hydrogens is 746 g/mol. The summed E-state index contributed by atoms with van der Waals surface area (Å²) in [5.74, 6) is 0.872. The lowest BCUT2D eigenvalue weighted by Crippen LogP contribution is -2.46. The van der Waals surface area contributed by atoms with Crippen molar-refractivity contribution in [3.8, 4) is 5.75 Å². The van der Waals surface area contributed by atoms with Gasteiger partial charge in [0.1, 0.15) is 16.6 Å². The quantitative estimate of drug-likeness (QED) is 0.125. The predicted octanol–water partition coefficient (Wildman–Crippen LogP) is 6.68. The number of halogens is 2. The van der Waals surface area contributed by atoms with Gasteiger partial charge in [0.15, 0.2) is 5.82 Å². The first-order valence-electron chi connectivity index (χ1n) is 18.4. The Bertz CT molecular complexity index is 2070. The fraction of sp³-hybridized carbons (Fsp3) is 0.410. The molecule has 3 aliphatic rings. The first-order chi connectivity index (χ1) is 26.6. The Kier molecular flexibility index (Phi) is 11.9. The van der Waals surface area contributed by atoms with Gasteiger partial charge in [0.25, 0.3) is 5.91 Å². The molecule has 1 amide bonds. The molecule has 3 aliphatic heterocycles. The Morgan fingerprint density at radius 1 is 1.04 bits per heavy atom. The van der Waals surface area contributed by atoms with E-state index < -0.39 is 7.60 Å². The monoisotopic (exact) mass is 792 g/mol. The number of piperidine rings is 2. The van der Waals surface area contributed by atoms with Crippen LogP contribution in [0.25, 0.3) is 0 Å². The van der Waals surface area contributed by atoms with Crippen LogP contribution in [0.15, 0.2) is 60.8 Å². The maximum atomic E-state index is 15.9. The molecule has 292 valence electrons. The standard InChI is InChI=1S/C39H47ClFN8O5P/c1-47(23-25-11-13-29-30(36(25)41)24-49(38(29)50)28-8-7-17-42-21-28)26-15-18-48(19-16-26)27-12-14-32(34(20-27)52-2)45-39-43-22-31(40)37(46-39)44-33-9-5-6-10-35(33)55(51,53-3)54-4/h5-6,9-14,20,22,26,28,42H,7-8,15-19,21,23-24H2,1-4H3,(H2,43,44,45,46). The Morgan fingerprint density at radius 2 is 1.82 bits per heavy atom. The smallest absolute Gasteiger partial charge is 0.362 e. The average molecular weight is 793 g/mol. The zero-order valence-electron chi connectivity index (χ0n) is 31.5. The zero-order chi connectivity index (χ0) is 38.7. The van der Waals surface area contributed by atoms with E-state index in [0.29, 0.717) is 58.0 Å². The van der Waals surface area contributed by atoms with Gasteiger partial charge in [0.05, 0.1) is 36.5 Å². The number of carbonyl (C=O) groups excluding carboxylic acids is 1. The van der Waals surface area contributed by atoms with Gasteiger partial charge in [-0.2, -0.15) is 4.98 Å². The highest BCUT2D eigenvalue weighted by Gasteiger charge is 2.36. The summed E-state index contributed by atoms with van der Waals surface area (Å²) in [4.78, 5) is 28.5. The van der Waals surface area contributed by atoms with Crippen LogP contribution < -0.4 is 30.9 Å². The normalized spacial score (nSPS) is 17.8.